The first-order valence-corrected chi connectivity index (χ1v) is 10.9. The van der Waals surface area contributed by atoms with Gasteiger partial charge in [0.25, 0.3) is 5.91 Å². The summed E-state index contributed by atoms with van der Waals surface area (Å²) < 4.78 is 27.5. The van der Waals surface area contributed by atoms with E-state index in [2.05, 4.69) is 4.72 Å². The molecule has 0 fully saturated rings. The van der Waals surface area contributed by atoms with E-state index in [0.717, 1.165) is 11.3 Å². The molecule has 3 aromatic rings. The van der Waals surface area contributed by atoms with E-state index in [1.54, 1.807) is 41.3 Å². The Morgan fingerprint density at radius 2 is 1.45 bits per heavy atom. The van der Waals surface area contributed by atoms with Crippen LogP contribution in [-0.2, 0) is 10.0 Å². The van der Waals surface area contributed by atoms with E-state index in [1.807, 2.05) is 55.5 Å². The van der Waals surface area contributed by atoms with Crippen LogP contribution in [0.5, 0.6) is 0 Å². The first kappa shape index (κ1) is 20.8. The fraction of sp³-hybridized carbons (Fsp3) is 0.174. The Balaban J connectivity index is 1.66. The average Bonchev–Trinajstić information content (AvgIpc) is 2.75. The Labute approximate surface area is 172 Å². The zero-order valence-corrected chi connectivity index (χ0v) is 17.1. The first-order chi connectivity index (χ1) is 14.0. The summed E-state index contributed by atoms with van der Waals surface area (Å²) in [5.74, 6) is -0.113. The summed E-state index contributed by atoms with van der Waals surface area (Å²) in [7, 11) is -3.57. The molecule has 3 rings (SSSR count). The van der Waals surface area contributed by atoms with Crippen LogP contribution in [0.25, 0.3) is 0 Å². The van der Waals surface area contributed by atoms with E-state index in [1.165, 1.54) is 0 Å². The molecule has 0 heterocycles. The zero-order valence-electron chi connectivity index (χ0n) is 16.3. The van der Waals surface area contributed by atoms with Gasteiger partial charge in [0.2, 0.25) is 10.0 Å². The van der Waals surface area contributed by atoms with Crippen molar-refractivity contribution in [2.45, 2.75) is 18.2 Å². The first-order valence-electron chi connectivity index (χ1n) is 9.46. The molecule has 0 aliphatic rings. The van der Waals surface area contributed by atoms with Gasteiger partial charge >= 0.3 is 0 Å². The van der Waals surface area contributed by atoms with Gasteiger partial charge in [-0.1, -0.05) is 54.1 Å². The number of amides is 1. The van der Waals surface area contributed by atoms with Crippen LogP contribution in [0.2, 0.25) is 0 Å². The van der Waals surface area contributed by atoms with Crippen LogP contribution in [0.1, 0.15) is 22.3 Å². The SMILES string of the molecule is Cc1ccc(S(=O)(=O)NCCCN(C(=O)c2ccccc2)c2ccccc2)cc1. The van der Waals surface area contributed by atoms with Crippen LogP contribution in [0.3, 0.4) is 0 Å². The third kappa shape index (κ3) is 5.53. The molecule has 0 spiro atoms. The second-order valence-corrected chi connectivity index (χ2v) is 8.49. The molecule has 6 heteroatoms. The summed E-state index contributed by atoms with van der Waals surface area (Å²) in [4.78, 5) is 14.9. The highest BCUT2D eigenvalue weighted by Gasteiger charge is 2.18. The molecule has 0 radical (unpaired) electrons. The van der Waals surface area contributed by atoms with Crippen molar-refractivity contribution >= 4 is 21.6 Å². The Hall–Kier alpha value is -2.96. The minimum absolute atomic E-state index is 0.113. The number of nitrogens with one attached hydrogen (secondary N) is 1. The van der Waals surface area contributed by atoms with Crippen LogP contribution in [0.15, 0.2) is 89.8 Å². The summed E-state index contributed by atoms with van der Waals surface area (Å²) in [5.41, 5.74) is 2.38. The van der Waals surface area contributed by atoms with Gasteiger partial charge in [-0.2, -0.15) is 0 Å². The molecule has 0 saturated carbocycles. The van der Waals surface area contributed by atoms with Gasteiger partial charge in [-0.05, 0) is 49.7 Å². The molecule has 0 bridgehead atoms. The van der Waals surface area contributed by atoms with Crippen molar-refractivity contribution in [2.24, 2.45) is 0 Å². The lowest BCUT2D eigenvalue weighted by atomic mass is 10.1. The van der Waals surface area contributed by atoms with Crippen LogP contribution in [0, 0.1) is 6.92 Å². The monoisotopic (exact) mass is 408 g/mol. The lowest BCUT2D eigenvalue weighted by molar-refractivity contribution is 0.0986. The summed E-state index contributed by atoms with van der Waals surface area (Å²) in [6, 6.07) is 25.2. The van der Waals surface area contributed by atoms with Crippen LogP contribution in [-0.4, -0.2) is 27.4 Å². The molecule has 150 valence electrons. The molecular formula is C23H24N2O3S. The molecular weight excluding hydrogens is 384 g/mol. The van der Waals surface area contributed by atoms with Crippen molar-refractivity contribution in [1.29, 1.82) is 0 Å². The molecule has 0 unspecified atom stereocenters. The minimum atomic E-state index is -3.57. The number of benzene rings is 3. The highest BCUT2D eigenvalue weighted by molar-refractivity contribution is 7.89. The number of aryl methyl sites for hydroxylation is 1. The molecule has 0 aromatic heterocycles. The molecule has 0 aliphatic carbocycles. The molecule has 5 nitrogen and oxygen atoms in total. The van der Waals surface area contributed by atoms with Gasteiger partial charge < -0.3 is 4.90 Å². The maximum Gasteiger partial charge on any atom is 0.258 e. The summed E-state index contributed by atoms with van der Waals surface area (Å²) >= 11 is 0. The lowest BCUT2D eigenvalue weighted by Crippen LogP contribution is -2.34. The topological polar surface area (TPSA) is 66.5 Å². The van der Waals surface area contributed by atoms with Gasteiger partial charge in [0.05, 0.1) is 4.90 Å². The van der Waals surface area contributed by atoms with Gasteiger partial charge in [-0.25, -0.2) is 13.1 Å². The van der Waals surface area contributed by atoms with E-state index in [0.29, 0.717) is 18.5 Å². The lowest BCUT2D eigenvalue weighted by Gasteiger charge is -2.23. The second kappa shape index (κ2) is 9.49. The van der Waals surface area contributed by atoms with E-state index < -0.39 is 10.0 Å². The van der Waals surface area contributed by atoms with E-state index in [4.69, 9.17) is 0 Å². The highest BCUT2D eigenvalue weighted by atomic mass is 32.2. The van der Waals surface area contributed by atoms with Crippen molar-refractivity contribution in [3.63, 3.8) is 0 Å². The number of anilines is 1. The molecule has 0 aliphatic heterocycles. The standard InChI is InChI=1S/C23H24N2O3S/c1-19-13-15-22(16-14-19)29(27,28)24-17-8-18-25(21-11-6-3-7-12-21)23(26)20-9-4-2-5-10-20/h2-7,9-16,24H,8,17-18H2,1H3. The van der Waals surface area contributed by atoms with Gasteiger partial charge in [-0.15, -0.1) is 0 Å². The number of nitrogens with zero attached hydrogens (tertiary/aromatic N) is 1. The number of rotatable bonds is 8. The Kier molecular flexibility index (Phi) is 6.80. The normalized spacial score (nSPS) is 11.2. The molecule has 0 atom stereocenters. The fourth-order valence-corrected chi connectivity index (χ4v) is 4.01. The Bertz CT molecular complexity index is 1030. The summed E-state index contributed by atoms with van der Waals surface area (Å²) in [6.07, 6.45) is 0.485. The smallest absolute Gasteiger partial charge is 0.258 e. The minimum Gasteiger partial charge on any atom is -0.308 e. The maximum absolute atomic E-state index is 13.0. The third-order valence-electron chi connectivity index (χ3n) is 4.52. The number of hydrogen-bond acceptors (Lipinski definition) is 3. The molecule has 29 heavy (non-hydrogen) atoms. The quantitative estimate of drug-likeness (QED) is 0.573. The number of carbonyl (C=O) groups excluding carboxylic acids is 1. The maximum atomic E-state index is 13.0. The number of carbonyl (C=O) groups is 1. The second-order valence-electron chi connectivity index (χ2n) is 6.72. The molecule has 1 N–H and O–H groups in total. The highest BCUT2D eigenvalue weighted by Crippen LogP contribution is 2.17. The van der Waals surface area contributed by atoms with Gasteiger partial charge in [0.1, 0.15) is 0 Å². The van der Waals surface area contributed by atoms with Crippen molar-refractivity contribution in [1.82, 2.24) is 4.72 Å². The van der Waals surface area contributed by atoms with Gasteiger partial charge in [0, 0.05) is 24.3 Å². The fourth-order valence-electron chi connectivity index (χ4n) is 2.94. The third-order valence-corrected chi connectivity index (χ3v) is 5.99. The molecule has 0 saturated heterocycles. The van der Waals surface area contributed by atoms with Gasteiger partial charge in [0.15, 0.2) is 0 Å². The number of hydrogen-bond donors (Lipinski definition) is 1. The Morgan fingerprint density at radius 1 is 0.862 bits per heavy atom. The predicted octanol–water partition coefficient (Wildman–Crippen LogP) is 4.01. The number of sulfonamides is 1. The predicted molar refractivity (Wildman–Crippen MR) is 116 cm³/mol. The van der Waals surface area contributed by atoms with Crippen LogP contribution >= 0.6 is 0 Å². The average molecular weight is 409 g/mol. The van der Waals surface area contributed by atoms with Gasteiger partial charge in [-0.3, -0.25) is 4.79 Å². The van der Waals surface area contributed by atoms with Crippen LogP contribution in [0.4, 0.5) is 5.69 Å². The van der Waals surface area contributed by atoms with E-state index in [-0.39, 0.29) is 17.3 Å². The summed E-state index contributed by atoms with van der Waals surface area (Å²) in [6.45, 7) is 2.54. The van der Waals surface area contributed by atoms with Crippen molar-refractivity contribution in [2.75, 3.05) is 18.0 Å². The van der Waals surface area contributed by atoms with Crippen molar-refractivity contribution in [3.05, 3.63) is 96.1 Å². The van der Waals surface area contributed by atoms with Crippen LogP contribution < -0.4 is 9.62 Å². The zero-order chi connectivity index (χ0) is 20.7. The van der Waals surface area contributed by atoms with E-state index >= 15 is 0 Å². The molecule has 1 amide bonds. The summed E-state index contributed by atoms with van der Waals surface area (Å²) in [5, 5.41) is 0. The Morgan fingerprint density at radius 3 is 2.07 bits per heavy atom. The largest absolute Gasteiger partial charge is 0.308 e. The van der Waals surface area contributed by atoms with Crippen molar-refractivity contribution < 1.29 is 13.2 Å². The van der Waals surface area contributed by atoms with E-state index in [9.17, 15) is 13.2 Å². The molecule has 3 aromatic carbocycles. The number of para-hydroxylation sites is 1. The van der Waals surface area contributed by atoms with Crippen molar-refractivity contribution in [3.8, 4) is 0 Å².